The molecule has 2 saturated heterocycles. The molecule has 0 bridgehead atoms. The van der Waals surface area contributed by atoms with Crippen molar-refractivity contribution in [3.8, 4) is 5.75 Å². The summed E-state index contributed by atoms with van der Waals surface area (Å²) >= 11 is 2.47. The number of likely N-dealkylation sites (N-methyl/N-ethyl adjacent to an activating group) is 1. The minimum Gasteiger partial charge on any atom is -0.508 e. The molecule has 3 N–H and O–H groups in total. The molecular formula is C29H28N6O8S2. The Morgan fingerprint density at radius 3 is 2.56 bits per heavy atom. The number of anilines is 1. The standard InChI is InChI=1S/C29H28N6O8S2/c1-2-32-11-12-33(26(40)25(32)39)29(43)34(18-5-7-19(36)8-6-18)15-21(37)31-22-24(38)35-23(28(41)42)20(16-45-27(22)35)44-13-9-17-4-3-10-30-14-17/h3-10,13-14,22,27,36H,2,11-12,15-16H2,1H3,(H,31,37)(H,41,42)/t22?,27-/m0/s1. The number of carboxylic acids is 1. The number of fused-ring (bicyclic) bond motifs is 1. The van der Waals surface area contributed by atoms with Crippen LogP contribution < -0.4 is 10.2 Å². The van der Waals surface area contributed by atoms with Crippen LogP contribution in [0.3, 0.4) is 0 Å². The second-order valence-corrected chi connectivity index (χ2v) is 12.1. The molecule has 3 aliphatic rings. The van der Waals surface area contributed by atoms with Crippen molar-refractivity contribution >= 4 is 70.9 Å². The minimum atomic E-state index is -1.28. The summed E-state index contributed by atoms with van der Waals surface area (Å²) in [4.78, 5) is 85.9. The third kappa shape index (κ3) is 6.51. The Bertz CT molecular complexity index is 1600. The first-order valence-electron chi connectivity index (χ1n) is 13.8. The molecule has 0 aliphatic carbocycles. The number of urea groups is 1. The van der Waals surface area contributed by atoms with Gasteiger partial charge < -0.3 is 20.4 Å². The van der Waals surface area contributed by atoms with Crippen molar-refractivity contribution in [1.82, 2.24) is 25.0 Å². The number of benzene rings is 1. The first-order chi connectivity index (χ1) is 21.6. The number of imide groups is 1. The SMILES string of the molecule is CCN1CCN(C(=O)N(CC(=O)NC2C(=O)N3C(C(=O)O)=C(SC=Cc4cccnc4)CS[C@@H]23)c2ccc(O)cc2)C(=O)C1=O. The largest absolute Gasteiger partial charge is 0.508 e. The van der Waals surface area contributed by atoms with Gasteiger partial charge in [-0.15, -0.1) is 11.8 Å². The van der Waals surface area contributed by atoms with Gasteiger partial charge in [0.2, 0.25) is 5.91 Å². The molecule has 234 valence electrons. The van der Waals surface area contributed by atoms with E-state index in [1.54, 1.807) is 36.9 Å². The van der Waals surface area contributed by atoms with Gasteiger partial charge in [-0.2, -0.15) is 0 Å². The normalized spacial score (nSPS) is 19.8. The zero-order valence-electron chi connectivity index (χ0n) is 23.9. The molecule has 0 radical (unpaired) electrons. The second kappa shape index (κ2) is 13.4. The highest BCUT2D eigenvalue weighted by Gasteiger charge is 2.54. The van der Waals surface area contributed by atoms with Gasteiger partial charge in [-0.05, 0) is 54.3 Å². The molecule has 2 fully saturated rings. The first kappa shape index (κ1) is 31.6. The molecule has 6 amide bonds. The highest BCUT2D eigenvalue weighted by atomic mass is 32.2. The number of carbonyl (C=O) groups is 6. The van der Waals surface area contributed by atoms with Crippen LogP contribution in [0.1, 0.15) is 12.5 Å². The Morgan fingerprint density at radius 2 is 1.89 bits per heavy atom. The van der Waals surface area contributed by atoms with Crippen LogP contribution in [0.15, 0.2) is 64.8 Å². The summed E-state index contributed by atoms with van der Waals surface area (Å²) in [5.74, 6) is -4.33. The number of hydrogen-bond donors (Lipinski definition) is 3. The molecular weight excluding hydrogens is 624 g/mol. The van der Waals surface area contributed by atoms with Gasteiger partial charge in [0.05, 0.1) is 0 Å². The summed E-state index contributed by atoms with van der Waals surface area (Å²) < 4.78 is 0. The predicted molar refractivity (Wildman–Crippen MR) is 165 cm³/mol. The zero-order chi connectivity index (χ0) is 32.2. The Labute approximate surface area is 265 Å². The second-order valence-electron chi connectivity index (χ2n) is 9.97. The maximum absolute atomic E-state index is 13.5. The Hall–Kier alpha value is -4.83. The maximum atomic E-state index is 13.5. The van der Waals surface area contributed by atoms with Crippen LogP contribution in [0.25, 0.3) is 6.08 Å². The quantitative estimate of drug-likeness (QED) is 0.264. The van der Waals surface area contributed by atoms with Crippen molar-refractivity contribution in [1.29, 1.82) is 0 Å². The fraction of sp³-hybridized carbons (Fsp3) is 0.276. The van der Waals surface area contributed by atoms with Gasteiger partial charge in [-0.3, -0.25) is 38.9 Å². The number of piperazine rings is 1. The number of aromatic hydroxyl groups is 1. The highest BCUT2D eigenvalue weighted by Crippen LogP contribution is 2.43. The lowest BCUT2D eigenvalue weighted by molar-refractivity contribution is -0.153. The van der Waals surface area contributed by atoms with Crippen molar-refractivity contribution in [2.45, 2.75) is 18.3 Å². The molecule has 14 nitrogen and oxygen atoms in total. The number of nitrogens with one attached hydrogen (secondary N) is 1. The number of hydrogen-bond acceptors (Lipinski definition) is 10. The van der Waals surface area contributed by atoms with Gasteiger partial charge in [-0.25, -0.2) is 9.59 Å². The Morgan fingerprint density at radius 1 is 1.13 bits per heavy atom. The third-order valence-electron chi connectivity index (χ3n) is 7.22. The van der Waals surface area contributed by atoms with E-state index >= 15 is 0 Å². The number of carboxylic acid groups (broad SMARTS) is 1. The Kier molecular flexibility index (Phi) is 9.43. The summed E-state index contributed by atoms with van der Waals surface area (Å²) in [6, 6.07) is 6.97. The van der Waals surface area contributed by atoms with Crippen molar-refractivity contribution in [3.05, 3.63) is 70.4 Å². The molecule has 4 heterocycles. The lowest BCUT2D eigenvalue weighted by Crippen LogP contribution is -2.71. The topological polar surface area (TPSA) is 181 Å². The number of phenols is 1. The summed E-state index contributed by atoms with van der Waals surface area (Å²) in [6.45, 7) is 1.43. The predicted octanol–water partition coefficient (Wildman–Crippen LogP) is 1.50. The van der Waals surface area contributed by atoms with Gasteiger partial charge in [-0.1, -0.05) is 17.8 Å². The molecule has 0 saturated carbocycles. The van der Waals surface area contributed by atoms with E-state index < -0.39 is 53.6 Å². The number of aromatic nitrogens is 1. The number of rotatable bonds is 9. The summed E-state index contributed by atoms with van der Waals surface area (Å²) in [5, 5.41) is 23.3. The molecule has 1 unspecified atom stereocenters. The van der Waals surface area contributed by atoms with E-state index in [2.05, 4.69) is 10.3 Å². The van der Waals surface area contributed by atoms with E-state index in [1.165, 1.54) is 52.7 Å². The van der Waals surface area contributed by atoms with Crippen molar-refractivity contribution < 1.29 is 39.0 Å². The van der Waals surface area contributed by atoms with Gasteiger partial charge in [0.15, 0.2) is 0 Å². The number of phenolic OH excluding ortho intramolecular Hbond substituents is 1. The third-order valence-corrected chi connectivity index (χ3v) is 9.58. The van der Waals surface area contributed by atoms with Crippen LogP contribution in [0.2, 0.25) is 0 Å². The molecule has 2 atom stereocenters. The number of carbonyl (C=O) groups excluding carboxylic acids is 5. The summed E-state index contributed by atoms with van der Waals surface area (Å²) in [5.41, 5.74) is 0.827. The average Bonchev–Trinajstić information content (AvgIpc) is 3.04. The fourth-order valence-electron chi connectivity index (χ4n) is 4.92. The van der Waals surface area contributed by atoms with Crippen molar-refractivity contribution in [2.75, 3.05) is 36.8 Å². The smallest absolute Gasteiger partial charge is 0.353 e. The maximum Gasteiger partial charge on any atom is 0.353 e. The molecule has 1 aromatic carbocycles. The fourth-order valence-corrected chi connectivity index (χ4v) is 7.28. The van der Waals surface area contributed by atoms with E-state index in [0.717, 1.165) is 20.3 Å². The Balaban J connectivity index is 1.29. The van der Waals surface area contributed by atoms with E-state index in [4.69, 9.17) is 0 Å². The van der Waals surface area contributed by atoms with Crippen LogP contribution in [0.5, 0.6) is 5.75 Å². The van der Waals surface area contributed by atoms with E-state index in [0.29, 0.717) is 11.4 Å². The van der Waals surface area contributed by atoms with Gasteiger partial charge in [0.1, 0.15) is 29.4 Å². The van der Waals surface area contributed by atoms with E-state index in [9.17, 15) is 39.0 Å². The molecule has 0 spiro atoms. The zero-order valence-corrected chi connectivity index (χ0v) is 25.5. The molecule has 16 heteroatoms. The van der Waals surface area contributed by atoms with E-state index in [-0.39, 0.29) is 36.0 Å². The number of thioether (sulfide) groups is 2. The molecule has 1 aromatic heterocycles. The summed E-state index contributed by atoms with van der Waals surface area (Å²) in [7, 11) is 0. The van der Waals surface area contributed by atoms with Crippen LogP contribution >= 0.6 is 23.5 Å². The number of aliphatic carboxylic acids is 1. The number of nitrogens with zero attached hydrogens (tertiary/aromatic N) is 5. The van der Waals surface area contributed by atoms with Crippen LogP contribution in [0, 0.1) is 0 Å². The van der Waals surface area contributed by atoms with Crippen LogP contribution in [0.4, 0.5) is 10.5 Å². The monoisotopic (exact) mass is 652 g/mol. The average molecular weight is 653 g/mol. The lowest BCUT2D eigenvalue weighted by atomic mass is 10.1. The van der Waals surface area contributed by atoms with E-state index in [1.807, 2.05) is 6.07 Å². The van der Waals surface area contributed by atoms with Crippen LogP contribution in [-0.4, -0.2) is 109 Å². The molecule has 45 heavy (non-hydrogen) atoms. The van der Waals surface area contributed by atoms with Crippen molar-refractivity contribution in [3.63, 3.8) is 0 Å². The number of pyridine rings is 1. The first-order valence-corrected chi connectivity index (χ1v) is 15.7. The van der Waals surface area contributed by atoms with Crippen molar-refractivity contribution in [2.24, 2.45) is 0 Å². The number of β-lactam (4-membered cyclic amide) rings is 1. The van der Waals surface area contributed by atoms with Crippen LogP contribution in [-0.2, 0) is 24.0 Å². The highest BCUT2D eigenvalue weighted by molar-refractivity contribution is 8.08. The molecule has 3 aliphatic heterocycles. The van der Waals surface area contributed by atoms with Gasteiger partial charge in [0.25, 0.3) is 5.91 Å². The van der Waals surface area contributed by atoms with Gasteiger partial charge >= 0.3 is 23.8 Å². The summed E-state index contributed by atoms with van der Waals surface area (Å²) in [6.07, 6.45) is 5.07. The molecule has 5 rings (SSSR count). The number of amides is 6. The van der Waals surface area contributed by atoms with Gasteiger partial charge in [0, 0.05) is 48.4 Å². The lowest BCUT2D eigenvalue weighted by Gasteiger charge is -2.49. The molecule has 2 aromatic rings. The minimum absolute atomic E-state index is 0.0791.